The summed E-state index contributed by atoms with van der Waals surface area (Å²) in [6.07, 6.45) is 1.38. The van der Waals surface area contributed by atoms with Crippen molar-refractivity contribution in [2.75, 3.05) is 39.8 Å². The Hall–Kier alpha value is -1.66. The van der Waals surface area contributed by atoms with Gasteiger partial charge in [0.2, 0.25) is 10.0 Å². The van der Waals surface area contributed by atoms with Crippen molar-refractivity contribution in [3.05, 3.63) is 53.9 Å². The van der Waals surface area contributed by atoms with Crippen LogP contribution in [0.25, 0.3) is 0 Å². The molecule has 0 spiro atoms. The number of hydrogen-bond acceptors (Lipinski definition) is 5. The van der Waals surface area contributed by atoms with Gasteiger partial charge in [-0.2, -0.15) is 4.31 Å². The van der Waals surface area contributed by atoms with Crippen molar-refractivity contribution in [3.63, 3.8) is 0 Å². The van der Waals surface area contributed by atoms with Gasteiger partial charge in [0, 0.05) is 45.8 Å². The lowest BCUT2D eigenvalue weighted by molar-refractivity contribution is 0.259. The van der Waals surface area contributed by atoms with Gasteiger partial charge in [0.25, 0.3) is 0 Å². The average molecular weight is 533 g/mol. The molecule has 1 N–H and O–H groups in total. The van der Waals surface area contributed by atoms with Crippen LogP contribution in [0.3, 0.4) is 0 Å². The van der Waals surface area contributed by atoms with Crippen LogP contribution in [0.4, 0.5) is 0 Å². The molecular formula is C19H28IN5O3S. The average Bonchev–Trinajstić information content (AvgIpc) is 3.21. The molecule has 1 aromatic heterocycles. The lowest BCUT2D eigenvalue weighted by Crippen LogP contribution is -2.54. The number of hydrogen-bond donors (Lipinski definition) is 1. The lowest BCUT2D eigenvalue weighted by Gasteiger charge is -2.36. The van der Waals surface area contributed by atoms with Crippen LogP contribution in [0, 0.1) is 0 Å². The monoisotopic (exact) mass is 533 g/mol. The molecule has 1 aliphatic heterocycles. The molecule has 8 nitrogen and oxygen atoms in total. The third-order valence-electron chi connectivity index (χ3n) is 4.90. The highest BCUT2D eigenvalue weighted by Gasteiger charge is 2.29. The standard InChI is InChI=1S/C19H27N5O3S.HI/c1-16(17-6-4-3-5-7-17)14-21-19(20-2)23-9-11-24(12-10-23)28(25,26)15-18-8-13-27-22-18;/h3-8,13,16H,9-12,14-15H2,1-2H3,(H,20,21);1H. The highest BCUT2D eigenvalue weighted by molar-refractivity contribution is 14.0. The molecule has 10 heteroatoms. The van der Waals surface area contributed by atoms with E-state index >= 15 is 0 Å². The number of aliphatic imine (C=N–C) groups is 1. The van der Waals surface area contributed by atoms with Gasteiger partial charge in [-0.3, -0.25) is 4.99 Å². The number of aromatic nitrogens is 1. The van der Waals surface area contributed by atoms with Crippen LogP contribution in [0.5, 0.6) is 0 Å². The van der Waals surface area contributed by atoms with E-state index in [9.17, 15) is 8.42 Å². The highest BCUT2D eigenvalue weighted by Crippen LogP contribution is 2.15. The fourth-order valence-corrected chi connectivity index (χ4v) is 4.67. The molecule has 3 rings (SSSR count). The number of nitrogens with one attached hydrogen (secondary N) is 1. The van der Waals surface area contributed by atoms with Crippen molar-refractivity contribution in [2.24, 2.45) is 4.99 Å². The Morgan fingerprint density at radius 1 is 1.21 bits per heavy atom. The topological polar surface area (TPSA) is 91.0 Å². The van der Waals surface area contributed by atoms with Gasteiger partial charge in [-0.05, 0) is 11.5 Å². The van der Waals surface area contributed by atoms with Crippen molar-refractivity contribution >= 4 is 40.0 Å². The van der Waals surface area contributed by atoms with Crippen LogP contribution in [0.2, 0.25) is 0 Å². The van der Waals surface area contributed by atoms with Gasteiger partial charge in [-0.15, -0.1) is 24.0 Å². The van der Waals surface area contributed by atoms with Crippen molar-refractivity contribution in [3.8, 4) is 0 Å². The quantitative estimate of drug-likeness (QED) is 0.348. The van der Waals surface area contributed by atoms with E-state index in [4.69, 9.17) is 4.52 Å². The molecule has 1 aliphatic rings. The van der Waals surface area contributed by atoms with E-state index in [0.29, 0.717) is 37.8 Å². The van der Waals surface area contributed by atoms with Gasteiger partial charge < -0.3 is 14.7 Å². The van der Waals surface area contributed by atoms with Gasteiger partial charge in [0.05, 0.1) is 5.69 Å². The summed E-state index contributed by atoms with van der Waals surface area (Å²) in [7, 11) is -1.65. The number of sulfonamides is 1. The van der Waals surface area contributed by atoms with E-state index in [1.165, 1.54) is 16.1 Å². The SMILES string of the molecule is CN=C(NCC(C)c1ccccc1)N1CCN(S(=O)(=O)Cc2ccon2)CC1.I. The zero-order chi connectivity index (χ0) is 20.0. The van der Waals surface area contributed by atoms with Crippen LogP contribution < -0.4 is 5.32 Å². The largest absolute Gasteiger partial charge is 0.364 e. The molecule has 0 amide bonds. The molecule has 2 aromatic rings. The van der Waals surface area contributed by atoms with Crippen LogP contribution >= 0.6 is 24.0 Å². The van der Waals surface area contributed by atoms with Gasteiger partial charge >= 0.3 is 0 Å². The Labute approximate surface area is 189 Å². The maximum absolute atomic E-state index is 12.6. The van der Waals surface area contributed by atoms with Crippen LogP contribution in [-0.4, -0.2) is 68.5 Å². The maximum Gasteiger partial charge on any atom is 0.220 e. The first kappa shape index (κ1) is 23.6. The Bertz CT molecular complexity index is 867. The summed E-state index contributed by atoms with van der Waals surface area (Å²) in [6, 6.07) is 11.9. The van der Waals surface area contributed by atoms with Gasteiger partial charge in [-0.25, -0.2) is 8.42 Å². The molecule has 0 bridgehead atoms. The molecule has 29 heavy (non-hydrogen) atoms. The van der Waals surface area contributed by atoms with E-state index in [0.717, 1.165) is 12.5 Å². The summed E-state index contributed by atoms with van der Waals surface area (Å²) in [5.41, 5.74) is 1.70. The molecule has 2 heterocycles. The second kappa shape index (κ2) is 10.9. The molecule has 0 aliphatic carbocycles. The van der Waals surface area contributed by atoms with Crippen LogP contribution in [0.1, 0.15) is 24.1 Å². The number of rotatable bonds is 6. The fraction of sp³-hybridized carbons (Fsp3) is 0.474. The minimum absolute atomic E-state index is 0. The molecule has 1 atom stereocenters. The summed E-state index contributed by atoms with van der Waals surface area (Å²) in [5.74, 6) is 1.02. The summed E-state index contributed by atoms with van der Waals surface area (Å²) in [4.78, 5) is 6.46. The summed E-state index contributed by atoms with van der Waals surface area (Å²) in [5, 5.41) is 7.11. The third-order valence-corrected chi connectivity index (χ3v) is 6.71. The number of guanidine groups is 1. The molecule has 0 radical (unpaired) electrons. The maximum atomic E-state index is 12.6. The normalized spacial score (nSPS) is 16.9. The summed E-state index contributed by atoms with van der Waals surface area (Å²) >= 11 is 0. The first-order chi connectivity index (χ1) is 13.5. The van der Waals surface area contributed by atoms with Gasteiger partial charge in [-0.1, -0.05) is 42.4 Å². The fourth-order valence-electron chi connectivity index (χ4n) is 3.24. The zero-order valence-corrected chi connectivity index (χ0v) is 19.8. The molecule has 1 aromatic carbocycles. The van der Waals surface area contributed by atoms with E-state index in [2.05, 4.69) is 39.4 Å². The summed E-state index contributed by atoms with van der Waals surface area (Å²) < 4.78 is 31.3. The third kappa shape index (κ3) is 6.41. The lowest BCUT2D eigenvalue weighted by atomic mass is 10.0. The molecule has 160 valence electrons. The first-order valence-electron chi connectivity index (χ1n) is 9.37. The Morgan fingerprint density at radius 3 is 2.48 bits per heavy atom. The Balaban J connectivity index is 0.00000300. The summed E-state index contributed by atoms with van der Waals surface area (Å²) in [6.45, 7) is 4.98. The first-order valence-corrected chi connectivity index (χ1v) is 11.0. The number of piperazine rings is 1. The van der Waals surface area contributed by atoms with Crippen LogP contribution in [0.15, 0.2) is 52.2 Å². The molecule has 1 fully saturated rings. The molecule has 0 saturated carbocycles. The van der Waals surface area contributed by atoms with Gasteiger partial charge in [0.1, 0.15) is 12.0 Å². The zero-order valence-electron chi connectivity index (χ0n) is 16.7. The minimum atomic E-state index is -3.40. The molecule has 1 unspecified atom stereocenters. The second-order valence-corrected chi connectivity index (χ2v) is 8.84. The smallest absolute Gasteiger partial charge is 0.220 e. The molecule has 1 saturated heterocycles. The number of nitrogens with zero attached hydrogens (tertiary/aromatic N) is 4. The van der Waals surface area contributed by atoms with E-state index < -0.39 is 10.0 Å². The van der Waals surface area contributed by atoms with Crippen molar-refractivity contribution in [2.45, 2.75) is 18.6 Å². The van der Waals surface area contributed by atoms with Crippen molar-refractivity contribution < 1.29 is 12.9 Å². The Kier molecular flexibility index (Phi) is 8.90. The van der Waals surface area contributed by atoms with E-state index in [-0.39, 0.29) is 29.7 Å². The van der Waals surface area contributed by atoms with Crippen molar-refractivity contribution in [1.29, 1.82) is 0 Å². The minimum Gasteiger partial charge on any atom is -0.364 e. The van der Waals surface area contributed by atoms with Gasteiger partial charge in [0.15, 0.2) is 5.96 Å². The van der Waals surface area contributed by atoms with Crippen molar-refractivity contribution in [1.82, 2.24) is 19.7 Å². The molecular weight excluding hydrogens is 505 g/mol. The predicted molar refractivity (Wildman–Crippen MR) is 124 cm³/mol. The van der Waals surface area contributed by atoms with E-state index in [1.807, 2.05) is 18.2 Å². The number of benzene rings is 1. The van der Waals surface area contributed by atoms with E-state index in [1.54, 1.807) is 13.1 Å². The second-order valence-electron chi connectivity index (χ2n) is 6.87. The van der Waals surface area contributed by atoms with Crippen LogP contribution in [-0.2, 0) is 15.8 Å². The predicted octanol–water partition coefficient (Wildman–Crippen LogP) is 2.12. The number of halogens is 1. The highest BCUT2D eigenvalue weighted by atomic mass is 127. The Morgan fingerprint density at radius 2 is 1.90 bits per heavy atom.